The maximum atomic E-state index is 11.1. The first-order valence-corrected chi connectivity index (χ1v) is 6.17. The van der Waals surface area contributed by atoms with Crippen LogP contribution in [0.15, 0.2) is 18.2 Å². The Labute approximate surface area is 112 Å². The smallest absolute Gasteiger partial charge is 0.305 e. The lowest BCUT2D eigenvalue weighted by molar-refractivity contribution is -0.140. The number of carbonyl (C=O) groups excluding carboxylic acids is 1. The Balaban J connectivity index is 2.04. The molecule has 104 valence electrons. The number of hydrogen-bond acceptors (Lipinski definition) is 6. The molecule has 1 aliphatic rings. The fraction of sp³-hybridized carbons (Fsp3) is 0.462. The molecule has 0 aliphatic carbocycles. The second-order valence-corrected chi connectivity index (χ2v) is 4.71. The summed E-state index contributed by atoms with van der Waals surface area (Å²) in [6, 6.07) is 5.43. The molecule has 0 radical (unpaired) electrons. The third kappa shape index (κ3) is 2.58. The number of nitrogen functional groups attached to an aromatic ring is 1. The predicted molar refractivity (Wildman–Crippen MR) is 73.7 cm³/mol. The van der Waals surface area contributed by atoms with E-state index in [1.54, 1.807) is 24.1 Å². The molecule has 1 aromatic rings. The molecule has 1 heterocycles. The Morgan fingerprint density at radius 2 is 2.32 bits per heavy atom. The van der Waals surface area contributed by atoms with Gasteiger partial charge in [-0.05, 0) is 24.6 Å². The van der Waals surface area contributed by atoms with Gasteiger partial charge in [0.1, 0.15) is 0 Å². The standard InChI is InChI=1S/C13H19N3O3/c1-16-11-6-5-9(14)8-10(11)15-13(16,18)7-3-4-12(17)19-2/h5-6,8,15,18H,3-4,7,14H2,1-2H3. The number of nitrogens with two attached hydrogens (primary N) is 1. The van der Waals surface area contributed by atoms with Crippen molar-refractivity contribution in [3.63, 3.8) is 0 Å². The van der Waals surface area contributed by atoms with Crippen molar-refractivity contribution in [1.82, 2.24) is 0 Å². The van der Waals surface area contributed by atoms with E-state index in [4.69, 9.17) is 5.73 Å². The second-order valence-electron chi connectivity index (χ2n) is 4.71. The molecule has 1 aliphatic heterocycles. The van der Waals surface area contributed by atoms with Gasteiger partial charge in [0, 0.05) is 25.6 Å². The summed E-state index contributed by atoms with van der Waals surface area (Å²) in [5, 5.41) is 13.6. The molecule has 4 N–H and O–H groups in total. The van der Waals surface area contributed by atoms with E-state index in [1.807, 2.05) is 6.07 Å². The predicted octanol–water partition coefficient (Wildman–Crippen LogP) is 1.12. The molecular formula is C13H19N3O3. The molecule has 19 heavy (non-hydrogen) atoms. The highest BCUT2D eigenvalue weighted by atomic mass is 16.5. The Bertz CT molecular complexity index is 492. The maximum Gasteiger partial charge on any atom is 0.305 e. The lowest BCUT2D eigenvalue weighted by atomic mass is 10.1. The summed E-state index contributed by atoms with van der Waals surface area (Å²) >= 11 is 0. The van der Waals surface area contributed by atoms with E-state index >= 15 is 0 Å². The van der Waals surface area contributed by atoms with Crippen LogP contribution in [0.4, 0.5) is 17.1 Å². The van der Waals surface area contributed by atoms with Crippen molar-refractivity contribution in [2.24, 2.45) is 0 Å². The summed E-state index contributed by atoms with van der Waals surface area (Å²) in [6.07, 6.45) is 1.23. The number of esters is 1. The first-order chi connectivity index (χ1) is 8.96. The zero-order chi connectivity index (χ0) is 14.0. The van der Waals surface area contributed by atoms with Crippen LogP contribution in [0.5, 0.6) is 0 Å². The largest absolute Gasteiger partial charge is 0.469 e. The molecule has 1 atom stereocenters. The van der Waals surface area contributed by atoms with Gasteiger partial charge in [0.2, 0.25) is 5.85 Å². The summed E-state index contributed by atoms with van der Waals surface area (Å²) in [7, 11) is 3.16. The van der Waals surface area contributed by atoms with E-state index in [2.05, 4.69) is 10.1 Å². The Morgan fingerprint density at radius 1 is 1.58 bits per heavy atom. The summed E-state index contributed by atoms with van der Waals surface area (Å²) < 4.78 is 4.58. The van der Waals surface area contributed by atoms with Gasteiger partial charge in [0.05, 0.1) is 18.5 Å². The monoisotopic (exact) mass is 265 g/mol. The number of nitrogens with one attached hydrogen (secondary N) is 1. The van der Waals surface area contributed by atoms with Gasteiger partial charge in [-0.15, -0.1) is 0 Å². The zero-order valence-electron chi connectivity index (χ0n) is 11.1. The highest BCUT2D eigenvalue weighted by Crippen LogP contribution is 2.40. The van der Waals surface area contributed by atoms with E-state index < -0.39 is 5.85 Å². The van der Waals surface area contributed by atoms with Crippen molar-refractivity contribution in [3.8, 4) is 0 Å². The molecule has 1 unspecified atom stereocenters. The van der Waals surface area contributed by atoms with Gasteiger partial charge >= 0.3 is 5.97 Å². The molecule has 0 spiro atoms. The van der Waals surface area contributed by atoms with Crippen LogP contribution in [-0.4, -0.2) is 31.1 Å². The lowest BCUT2D eigenvalue weighted by Crippen LogP contribution is -2.48. The Kier molecular flexibility index (Phi) is 3.53. The van der Waals surface area contributed by atoms with Crippen LogP contribution in [0, 0.1) is 0 Å². The highest BCUT2D eigenvalue weighted by molar-refractivity contribution is 5.79. The third-order valence-electron chi connectivity index (χ3n) is 3.41. The van der Waals surface area contributed by atoms with Crippen LogP contribution in [0.2, 0.25) is 0 Å². The van der Waals surface area contributed by atoms with Gasteiger partial charge in [-0.25, -0.2) is 0 Å². The summed E-state index contributed by atoms with van der Waals surface area (Å²) in [5.74, 6) is -1.46. The lowest BCUT2D eigenvalue weighted by Gasteiger charge is -2.32. The number of nitrogens with zero attached hydrogens (tertiary/aromatic N) is 1. The first-order valence-electron chi connectivity index (χ1n) is 6.17. The van der Waals surface area contributed by atoms with Crippen LogP contribution in [0.3, 0.4) is 0 Å². The first kappa shape index (κ1) is 13.5. The second kappa shape index (κ2) is 4.97. The average Bonchev–Trinajstić information content (AvgIpc) is 2.61. The molecule has 1 aromatic carbocycles. The van der Waals surface area contributed by atoms with Crippen LogP contribution >= 0.6 is 0 Å². The number of hydrogen-bond donors (Lipinski definition) is 3. The molecule has 6 nitrogen and oxygen atoms in total. The summed E-state index contributed by atoms with van der Waals surface area (Å²) in [6.45, 7) is 0. The third-order valence-corrected chi connectivity index (χ3v) is 3.41. The van der Waals surface area contributed by atoms with E-state index in [0.29, 0.717) is 18.5 Å². The van der Waals surface area contributed by atoms with Gasteiger partial charge in [0.15, 0.2) is 0 Å². The fourth-order valence-electron chi connectivity index (χ4n) is 2.26. The van der Waals surface area contributed by atoms with E-state index in [9.17, 15) is 9.90 Å². The minimum absolute atomic E-state index is 0.272. The van der Waals surface area contributed by atoms with Gasteiger partial charge < -0.3 is 25.8 Å². The molecule has 0 bridgehead atoms. The van der Waals surface area contributed by atoms with Crippen LogP contribution < -0.4 is 16.0 Å². The fourth-order valence-corrected chi connectivity index (χ4v) is 2.26. The molecule has 2 rings (SSSR count). The van der Waals surface area contributed by atoms with E-state index in [1.165, 1.54) is 7.11 Å². The minimum Gasteiger partial charge on any atom is -0.469 e. The van der Waals surface area contributed by atoms with Crippen molar-refractivity contribution in [1.29, 1.82) is 0 Å². The normalized spacial score (nSPS) is 20.9. The maximum absolute atomic E-state index is 11.1. The Morgan fingerprint density at radius 3 is 3.00 bits per heavy atom. The van der Waals surface area contributed by atoms with Crippen molar-refractivity contribution in [2.45, 2.75) is 25.1 Å². The molecule has 0 aromatic heterocycles. The van der Waals surface area contributed by atoms with E-state index in [0.717, 1.165) is 11.4 Å². The average molecular weight is 265 g/mol. The number of aliphatic hydroxyl groups is 1. The SMILES string of the molecule is COC(=O)CCCC1(O)Nc2cc(N)ccc2N1C. The van der Waals surface area contributed by atoms with Crippen molar-refractivity contribution < 1.29 is 14.6 Å². The summed E-state index contributed by atoms with van der Waals surface area (Å²) in [5.41, 5.74) is 8.04. The number of methoxy groups -OCH3 is 1. The molecule has 0 amide bonds. The molecule has 0 saturated heterocycles. The Hall–Kier alpha value is -1.95. The van der Waals surface area contributed by atoms with Gasteiger partial charge in [-0.2, -0.15) is 0 Å². The van der Waals surface area contributed by atoms with Crippen molar-refractivity contribution in [3.05, 3.63) is 18.2 Å². The van der Waals surface area contributed by atoms with Crippen LogP contribution in [0.1, 0.15) is 19.3 Å². The van der Waals surface area contributed by atoms with Gasteiger partial charge in [-0.1, -0.05) is 0 Å². The number of carbonyl (C=O) groups is 1. The van der Waals surface area contributed by atoms with Gasteiger partial charge in [-0.3, -0.25) is 4.79 Å². The molecule has 0 fully saturated rings. The number of benzene rings is 1. The zero-order valence-corrected chi connectivity index (χ0v) is 11.1. The topological polar surface area (TPSA) is 87.8 Å². The number of ether oxygens (including phenoxy) is 1. The minimum atomic E-state index is -1.19. The van der Waals surface area contributed by atoms with Crippen LogP contribution in [0.25, 0.3) is 0 Å². The highest BCUT2D eigenvalue weighted by Gasteiger charge is 2.39. The molecule has 0 saturated carbocycles. The molecular weight excluding hydrogens is 246 g/mol. The van der Waals surface area contributed by atoms with Crippen molar-refractivity contribution >= 4 is 23.0 Å². The van der Waals surface area contributed by atoms with Gasteiger partial charge in [0.25, 0.3) is 0 Å². The quantitative estimate of drug-likeness (QED) is 0.558. The summed E-state index contributed by atoms with van der Waals surface area (Å²) in [4.78, 5) is 12.8. The number of rotatable bonds is 4. The number of fused-ring (bicyclic) bond motifs is 1. The molecule has 6 heteroatoms. The van der Waals surface area contributed by atoms with E-state index in [-0.39, 0.29) is 12.4 Å². The van der Waals surface area contributed by atoms with Crippen LogP contribution in [-0.2, 0) is 9.53 Å². The van der Waals surface area contributed by atoms with Crippen molar-refractivity contribution in [2.75, 3.05) is 30.1 Å². The number of anilines is 3.